The highest BCUT2D eigenvalue weighted by Crippen LogP contribution is 2.11. The van der Waals surface area contributed by atoms with E-state index in [1.165, 1.54) is 16.7 Å². The molecule has 0 N–H and O–H groups in total. The van der Waals surface area contributed by atoms with E-state index in [2.05, 4.69) is 66.8 Å². The Morgan fingerprint density at radius 2 is 1.33 bits per heavy atom. The first-order chi connectivity index (χ1) is 11.7. The second kappa shape index (κ2) is 14.2. The number of methoxy groups -OCH3 is 1. The molecule has 2 rings (SSSR count). The standard InChI is InChI=1S/C19H18.C2H6O.C2H6/c1-16(12-14-18-9-4-3-5-10-18)13-15-19-11-7-6-8-17(19)2;1-3-2;1-2/h3-15H,1H2,2H3;1-2H3;1-2H3/b14-12+,15-13-;;. The summed E-state index contributed by atoms with van der Waals surface area (Å²) in [6, 6.07) is 18.6. The molecule has 0 radical (unpaired) electrons. The zero-order valence-corrected chi connectivity index (χ0v) is 15.6. The van der Waals surface area contributed by atoms with Gasteiger partial charge in [-0.15, -0.1) is 0 Å². The van der Waals surface area contributed by atoms with Crippen molar-refractivity contribution in [2.75, 3.05) is 14.2 Å². The third-order valence-electron chi connectivity index (χ3n) is 2.95. The maximum atomic E-state index is 4.25. The van der Waals surface area contributed by atoms with Gasteiger partial charge in [-0.1, -0.05) is 99.3 Å². The lowest BCUT2D eigenvalue weighted by Crippen LogP contribution is -1.78. The van der Waals surface area contributed by atoms with Crippen LogP contribution in [0.25, 0.3) is 12.2 Å². The van der Waals surface area contributed by atoms with Crippen molar-refractivity contribution in [1.29, 1.82) is 0 Å². The molecule has 1 heteroatoms. The molecule has 0 amide bonds. The molecule has 0 unspecified atom stereocenters. The van der Waals surface area contributed by atoms with Gasteiger partial charge in [-0.25, -0.2) is 0 Å². The number of rotatable bonds is 4. The van der Waals surface area contributed by atoms with Crippen LogP contribution in [0.5, 0.6) is 0 Å². The van der Waals surface area contributed by atoms with Gasteiger partial charge in [0.05, 0.1) is 0 Å². The second-order valence-electron chi connectivity index (χ2n) is 4.92. The van der Waals surface area contributed by atoms with Gasteiger partial charge < -0.3 is 4.74 Å². The van der Waals surface area contributed by atoms with Gasteiger partial charge in [0.2, 0.25) is 0 Å². The van der Waals surface area contributed by atoms with Crippen LogP contribution in [0.2, 0.25) is 0 Å². The molecule has 0 fully saturated rings. The molecule has 0 atom stereocenters. The Hall–Kier alpha value is -2.38. The predicted molar refractivity (Wildman–Crippen MR) is 109 cm³/mol. The van der Waals surface area contributed by atoms with E-state index in [9.17, 15) is 0 Å². The first-order valence-electron chi connectivity index (χ1n) is 8.23. The second-order valence-corrected chi connectivity index (χ2v) is 4.92. The molecule has 24 heavy (non-hydrogen) atoms. The highest BCUT2D eigenvalue weighted by Gasteiger charge is 1.91. The highest BCUT2D eigenvalue weighted by molar-refractivity contribution is 5.60. The minimum Gasteiger partial charge on any atom is -0.388 e. The highest BCUT2D eigenvalue weighted by atomic mass is 16.4. The van der Waals surface area contributed by atoms with Gasteiger partial charge in [-0.05, 0) is 29.2 Å². The average molecular weight is 322 g/mol. The van der Waals surface area contributed by atoms with Gasteiger partial charge in [0.25, 0.3) is 0 Å². The maximum absolute atomic E-state index is 4.25. The fourth-order valence-electron chi connectivity index (χ4n) is 1.79. The van der Waals surface area contributed by atoms with Crippen molar-refractivity contribution in [1.82, 2.24) is 0 Å². The zero-order valence-electron chi connectivity index (χ0n) is 15.6. The molecule has 0 spiro atoms. The number of benzene rings is 2. The summed E-state index contributed by atoms with van der Waals surface area (Å²) < 4.78 is 4.25. The summed E-state index contributed by atoms with van der Waals surface area (Å²) in [7, 11) is 3.25. The lowest BCUT2D eigenvalue weighted by Gasteiger charge is -1.98. The Bertz CT molecular complexity index is 621. The van der Waals surface area contributed by atoms with Crippen molar-refractivity contribution in [2.45, 2.75) is 20.8 Å². The van der Waals surface area contributed by atoms with Gasteiger partial charge in [0.15, 0.2) is 0 Å². The third-order valence-corrected chi connectivity index (χ3v) is 2.95. The number of hydrogen-bond acceptors (Lipinski definition) is 1. The zero-order chi connectivity index (χ0) is 18.2. The van der Waals surface area contributed by atoms with Crippen LogP contribution in [0.15, 0.2) is 78.9 Å². The molecule has 0 aromatic heterocycles. The van der Waals surface area contributed by atoms with E-state index in [-0.39, 0.29) is 0 Å². The lowest BCUT2D eigenvalue weighted by molar-refractivity contribution is 0.277. The van der Waals surface area contributed by atoms with E-state index < -0.39 is 0 Å². The van der Waals surface area contributed by atoms with Crippen LogP contribution in [0, 0.1) is 6.92 Å². The van der Waals surface area contributed by atoms with E-state index in [1.807, 2.05) is 44.2 Å². The van der Waals surface area contributed by atoms with E-state index in [0.717, 1.165) is 5.57 Å². The van der Waals surface area contributed by atoms with Crippen molar-refractivity contribution in [3.8, 4) is 0 Å². The van der Waals surface area contributed by atoms with Gasteiger partial charge in [-0.2, -0.15) is 0 Å². The summed E-state index contributed by atoms with van der Waals surface area (Å²) in [6.07, 6.45) is 8.25. The van der Waals surface area contributed by atoms with Gasteiger partial charge in [0, 0.05) is 14.2 Å². The van der Waals surface area contributed by atoms with Crippen LogP contribution in [0.4, 0.5) is 0 Å². The van der Waals surface area contributed by atoms with Gasteiger partial charge in [0.1, 0.15) is 0 Å². The van der Waals surface area contributed by atoms with Crippen LogP contribution >= 0.6 is 0 Å². The van der Waals surface area contributed by atoms with E-state index in [4.69, 9.17) is 0 Å². The first kappa shape index (κ1) is 21.6. The number of ether oxygens (including phenoxy) is 1. The molecule has 0 heterocycles. The molecule has 2 aromatic rings. The van der Waals surface area contributed by atoms with Crippen LogP contribution < -0.4 is 0 Å². The minimum absolute atomic E-state index is 0.993. The molecule has 0 aliphatic heterocycles. The molecular weight excluding hydrogens is 292 g/mol. The van der Waals surface area contributed by atoms with E-state index >= 15 is 0 Å². The summed E-state index contributed by atoms with van der Waals surface area (Å²) in [5.74, 6) is 0. The summed E-state index contributed by atoms with van der Waals surface area (Å²) in [6.45, 7) is 10.2. The largest absolute Gasteiger partial charge is 0.388 e. The van der Waals surface area contributed by atoms with Gasteiger partial charge in [-0.3, -0.25) is 0 Å². The van der Waals surface area contributed by atoms with Crippen LogP contribution in [-0.2, 0) is 4.74 Å². The number of allylic oxidation sites excluding steroid dienone is 3. The van der Waals surface area contributed by atoms with Gasteiger partial charge >= 0.3 is 0 Å². The third kappa shape index (κ3) is 9.60. The first-order valence-corrected chi connectivity index (χ1v) is 8.23. The SMILES string of the molecule is C=C(/C=C\c1ccccc1C)/C=C/c1ccccc1.CC.COC. The van der Waals surface area contributed by atoms with Crippen LogP contribution in [-0.4, -0.2) is 14.2 Å². The van der Waals surface area contributed by atoms with Crippen molar-refractivity contribution < 1.29 is 4.74 Å². The Kier molecular flexibility index (Phi) is 12.8. The quantitative estimate of drug-likeness (QED) is 0.579. The maximum Gasteiger partial charge on any atom is 0.0351 e. The number of aryl methyl sites for hydroxylation is 1. The Morgan fingerprint density at radius 1 is 0.833 bits per heavy atom. The molecule has 0 saturated heterocycles. The fraction of sp³-hybridized carbons (Fsp3) is 0.217. The molecular formula is C23H30O. The molecule has 0 saturated carbocycles. The normalized spacial score (nSPS) is 9.88. The minimum atomic E-state index is 0.993. The summed E-state index contributed by atoms with van der Waals surface area (Å²) in [5.41, 5.74) is 4.69. The Labute approximate surface area is 148 Å². The molecule has 128 valence electrons. The van der Waals surface area contributed by atoms with Crippen molar-refractivity contribution in [3.63, 3.8) is 0 Å². The lowest BCUT2D eigenvalue weighted by atomic mass is 10.1. The van der Waals surface area contributed by atoms with Crippen molar-refractivity contribution >= 4 is 12.2 Å². The van der Waals surface area contributed by atoms with Crippen molar-refractivity contribution in [3.05, 3.63) is 95.6 Å². The monoisotopic (exact) mass is 322 g/mol. The molecule has 0 aliphatic carbocycles. The summed E-state index contributed by atoms with van der Waals surface area (Å²) in [5, 5.41) is 0. The molecule has 0 aliphatic rings. The van der Waals surface area contributed by atoms with Crippen molar-refractivity contribution in [2.24, 2.45) is 0 Å². The molecule has 1 nitrogen and oxygen atoms in total. The fourth-order valence-corrected chi connectivity index (χ4v) is 1.79. The van der Waals surface area contributed by atoms with Crippen LogP contribution in [0.3, 0.4) is 0 Å². The topological polar surface area (TPSA) is 9.23 Å². The number of hydrogen-bond donors (Lipinski definition) is 0. The predicted octanol–water partition coefficient (Wildman–Crippen LogP) is 6.57. The average Bonchev–Trinajstić information content (AvgIpc) is 2.62. The Balaban J connectivity index is 0.000000952. The molecule has 2 aromatic carbocycles. The smallest absolute Gasteiger partial charge is 0.0351 e. The summed E-state index contributed by atoms with van der Waals surface area (Å²) in [4.78, 5) is 0. The summed E-state index contributed by atoms with van der Waals surface area (Å²) >= 11 is 0. The van der Waals surface area contributed by atoms with Crippen LogP contribution in [0.1, 0.15) is 30.5 Å². The Morgan fingerprint density at radius 3 is 1.92 bits per heavy atom. The van der Waals surface area contributed by atoms with E-state index in [1.54, 1.807) is 14.2 Å². The van der Waals surface area contributed by atoms with E-state index in [0.29, 0.717) is 0 Å². The molecule has 0 bridgehead atoms.